The predicted octanol–water partition coefficient (Wildman–Crippen LogP) is 4.22. The first-order chi connectivity index (χ1) is 9.15. The molecule has 19 heavy (non-hydrogen) atoms. The standard InChI is InChI=1S/C14H9Cl2NO2/c15-9-1-2-12-8(5-9)6-13(19-12)14(18)10-3-4-17-7-11(10)16/h1-7,14,18H. The molecule has 0 aliphatic carbocycles. The van der Waals surface area contributed by atoms with Gasteiger partial charge < -0.3 is 9.52 Å². The summed E-state index contributed by atoms with van der Waals surface area (Å²) in [6.07, 6.45) is 2.13. The summed E-state index contributed by atoms with van der Waals surface area (Å²) in [4.78, 5) is 3.88. The van der Waals surface area contributed by atoms with Crippen LogP contribution in [0.2, 0.25) is 10.0 Å². The zero-order chi connectivity index (χ0) is 13.4. The van der Waals surface area contributed by atoms with Crippen LogP contribution >= 0.6 is 23.2 Å². The van der Waals surface area contributed by atoms with E-state index in [-0.39, 0.29) is 0 Å². The minimum atomic E-state index is -0.929. The molecule has 0 amide bonds. The lowest BCUT2D eigenvalue weighted by Crippen LogP contribution is -1.99. The van der Waals surface area contributed by atoms with E-state index in [1.165, 1.54) is 6.20 Å². The SMILES string of the molecule is OC(c1cc2cc(Cl)ccc2o1)c1ccncc1Cl. The number of fused-ring (bicyclic) bond motifs is 1. The second-order valence-electron chi connectivity index (χ2n) is 4.13. The van der Waals surface area contributed by atoms with Crippen LogP contribution in [0.4, 0.5) is 0 Å². The van der Waals surface area contributed by atoms with Gasteiger partial charge in [-0.2, -0.15) is 0 Å². The van der Waals surface area contributed by atoms with Crippen molar-refractivity contribution in [1.29, 1.82) is 0 Å². The highest BCUT2D eigenvalue weighted by molar-refractivity contribution is 6.31. The molecule has 0 aliphatic heterocycles. The number of hydrogen-bond donors (Lipinski definition) is 1. The summed E-state index contributed by atoms with van der Waals surface area (Å²) in [5, 5.41) is 12.2. The fourth-order valence-electron chi connectivity index (χ4n) is 1.93. The zero-order valence-corrected chi connectivity index (χ0v) is 11.2. The van der Waals surface area contributed by atoms with E-state index in [4.69, 9.17) is 27.6 Å². The van der Waals surface area contributed by atoms with Crippen LogP contribution in [0.15, 0.2) is 47.1 Å². The maximum absolute atomic E-state index is 10.3. The molecule has 0 radical (unpaired) electrons. The molecule has 96 valence electrons. The highest BCUT2D eigenvalue weighted by atomic mass is 35.5. The average molecular weight is 294 g/mol. The van der Waals surface area contributed by atoms with Crippen LogP contribution in [0.25, 0.3) is 11.0 Å². The Labute approximate surface area is 119 Å². The smallest absolute Gasteiger partial charge is 0.138 e. The fourth-order valence-corrected chi connectivity index (χ4v) is 2.33. The summed E-state index contributed by atoms with van der Waals surface area (Å²) in [5.74, 6) is 0.422. The summed E-state index contributed by atoms with van der Waals surface area (Å²) in [7, 11) is 0. The van der Waals surface area contributed by atoms with Crippen molar-refractivity contribution in [2.75, 3.05) is 0 Å². The molecule has 3 rings (SSSR count). The van der Waals surface area contributed by atoms with Crippen molar-refractivity contribution in [2.24, 2.45) is 0 Å². The number of furan rings is 1. The number of hydrogen-bond acceptors (Lipinski definition) is 3. The zero-order valence-electron chi connectivity index (χ0n) is 9.68. The fraction of sp³-hybridized carbons (Fsp3) is 0.0714. The van der Waals surface area contributed by atoms with Crippen molar-refractivity contribution in [3.05, 3.63) is 64.1 Å². The second kappa shape index (κ2) is 4.85. The molecule has 1 atom stereocenters. The molecular weight excluding hydrogens is 285 g/mol. The molecule has 1 unspecified atom stereocenters. The van der Waals surface area contributed by atoms with Crippen molar-refractivity contribution in [3.8, 4) is 0 Å². The first kappa shape index (κ1) is 12.5. The lowest BCUT2D eigenvalue weighted by atomic mass is 10.1. The van der Waals surface area contributed by atoms with Gasteiger partial charge in [0, 0.05) is 28.4 Å². The van der Waals surface area contributed by atoms with Crippen LogP contribution in [0, 0.1) is 0 Å². The number of halogens is 2. The van der Waals surface area contributed by atoms with Crippen LogP contribution in [-0.2, 0) is 0 Å². The third-order valence-corrected chi connectivity index (χ3v) is 3.42. The van der Waals surface area contributed by atoms with Gasteiger partial charge in [0.05, 0.1) is 5.02 Å². The number of rotatable bonds is 2. The Morgan fingerprint density at radius 3 is 2.79 bits per heavy atom. The van der Waals surface area contributed by atoms with Crippen LogP contribution in [-0.4, -0.2) is 10.1 Å². The number of aliphatic hydroxyl groups is 1. The number of aromatic nitrogens is 1. The quantitative estimate of drug-likeness (QED) is 0.770. The van der Waals surface area contributed by atoms with Gasteiger partial charge in [-0.05, 0) is 30.3 Å². The minimum absolute atomic E-state index is 0.397. The lowest BCUT2D eigenvalue weighted by molar-refractivity contribution is 0.192. The van der Waals surface area contributed by atoms with Crippen LogP contribution in [0.3, 0.4) is 0 Å². The Morgan fingerprint density at radius 1 is 1.16 bits per heavy atom. The molecule has 0 saturated heterocycles. The maximum Gasteiger partial charge on any atom is 0.138 e. The van der Waals surface area contributed by atoms with Gasteiger partial charge in [0.2, 0.25) is 0 Å². The highest BCUT2D eigenvalue weighted by Crippen LogP contribution is 2.32. The van der Waals surface area contributed by atoms with Gasteiger partial charge in [0.25, 0.3) is 0 Å². The van der Waals surface area contributed by atoms with E-state index in [1.54, 1.807) is 36.5 Å². The van der Waals surface area contributed by atoms with Gasteiger partial charge in [0.1, 0.15) is 17.4 Å². The molecule has 1 N–H and O–H groups in total. The molecule has 0 aliphatic rings. The van der Waals surface area contributed by atoms with Gasteiger partial charge in [-0.1, -0.05) is 23.2 Å². The van der Waals surface area contributed by atoms with E-state index < -0.39 is 6.10 Å². The van der Waals surface area contributed by atoms with Gasteiger partial charge in [0.15, 0.2) is 0 Å². The molecule has 5 heteroatoms. The van der Waals surface area contributed by atoms with Crippen molar-refractivity contribution in [2.45, 2.75) is 6.10 Å². The van der Waals surface area contributed by atoms with E-state index in [2.05, 4.69) is 4.98 Å². The monoisotopic (exact) mass is 293 g/mol. The molecule has 0 bridgehead atoms. The molecule has 3 aromatic rings. The Kier molecular flexibility index (Phi) is 3.19. The van der Waals surface area contributed by atoms with Crippen molar-refractivity contribution < 1.29 is 9.52 Å². The summed E-state index contributed by atoms with van der Waals surface area (Å²) in [6.45, 7) is 0. The van der Waals surface area contributed by atoms with Crippen molar-refractivity contribution in [1.82, 2.24) is 4.98 Å². The third-order valence-electron chi connectivity index (χ3n) is 2.87. The minimum Gasteiger partial charge on any atom is -0.458 e. The molecule has 3 nitrogen and oxygen atoms in total. The van der Waals surface area contributed by atoms with E-state index in [0.717, 1.165) is 5.39 Å². The van der Waals surface area contributed by atoms with Gasteiger partial charge in [-0.25, -0.2) is 0 Å². The highest BCUT2D eigenvalue weighted by Gasteiger charge is 2.18. The summed E-state index contributed by atoms with van der Waals surface area (Å²) >= 11 is 11.9. The van der Waals surface area contributed by atoms with E-state index in [0.29, 0.717) is 27.0 Å². The van der Waals surface area contributed by atoms with Crippen LogP contribution in [0.5, 0.6) is 0 Å². The van der Waals surface area contributed by atoms with Crippen LogP contribution < -0.4 is 0 Å². The van der Waals surface area contributed by atoms with Crippen LogP contribution in [0.1, 0.15) is 17.4 Å². The largest absolute Gasteiger partial charge is 0.458 e. The molecule has 1 aromatic carbocycles. The summed E-state index contributed by atoms with van der Waals surface area (Å²) < 4.78 is 5.61. The number of aliphatic hydroxyl groups excluding tert-OH is 1. The lowest BCUT2D eigenvalue weighted by Gasteiger charge is -2.08. The second-order valence-corrected chi connectivity index (χ2v) is 4.97. The summed E-state index contributed by atoms with van der Waals surface area (Å²) in [5.41, 5.74) is 1.23. The molecule has 0 saturated carbocycles. The molecular formula is C14H9Cl2NO2. The Morgan fingerprint density at radius 2 is 2.00 bits per heavy atom. The molecule has 2 heterocycles. The number of benzene rings is 1. The predicted molar refractivity (Wildman–Crippen MR) is 74.5 cm³/mol. The molecule has 0 fully saturated rings. The van der Waals surface area contributed by atoms with Gasteiger partial charge >= 0.3 is 0 Å². The summed E-state index contributed by atoms with van der Waals surface area (Å²) in [6, 6.07) is 8.70. The Bertz CT molecular complexity index is 739. The molecule has 0 spiro atoms. The average Bonchev–Trinajstić information content (AvgIpc) is 2.81. The first-order valence-corrected chi connectivity index (χ1v) is 6.37. The maximum atomic E-state index is 10.3. The van der Waals surface area contributed by atoms with Crippen molar-refractivity contribution in [3.63, 3.8) is 0 Å². The Balaban J connectivity index is 2.07. The number of pyridine rings is 1. The van der Waals surface area contributed by atoms with E-state index in [9.17, 15) is 5.11 Å². The van der Waals surface area contributed by atoms with E-state index in [1.807, 2.05) is 0 Å². The topological polar surface area (TPSA) is 46.3 Å². The van der Waals surface area contributed by atoms with Gasteiger partial charge in [-0.3, -0.25) is 4.98 Å². The number of nitrogens with zero attached hydrogens (tertiary/aromatic N) is 1. The van der Waals surface area contributed by atoms with Crippen molar-refractivity contribution >= 4 is 34.2 Å². The normalized spacial score (nSPS) is 12.8. The third kappa shape index (κ3) is 2.32. The van der Waals surface area contributed by atoms with E-state index >= 15 is 0 Å². The Hall–Kier alpha value is -1.55. The first-order valence-electron chi connectivity index (χ1n) is 5.61. The van der Waals surface area contributed by atoms with Gasteiger partial charge in [-0.15, -0.1) is 0 Å². The molecule has 2 aromatic heterocycles.